The van der Waals surface area contributed by atoms with Gasteiger partial charge in [0.15, 0.2) is 11.5 Å². The van der Waals surface area contributed by atoms with E-state index in [1.54, 1.807) is 12.1 Å². The summed E-state index contributed by atoms with van der Waals surface area (Å²) in [5, 5.41) is 2.90. The van der Waals surface area contributed by atoms with Crippen molar-refractivity contribution in [2.45, 2.75) is 39.0 Å². The molecule has 1 saturated carbocycles. The van der Waals surface area contributed by atoms with Gasteiger partial charge in [0.2, 0.25) is 0 Å². The van der Waals surface area contributed by atoms with Crippen molar-refractivity contribution in [3.05, 3.63) is 59.7 Å². The zero-order valence-corrected chi connectivity index (χ0v) is 16.6. The topological polar surface area (TPSA) is 50.8 Å². The monoisotopic (exact) mass is 404 g/mol. The lowest BCUT2D eigenvalue weighted by atomic mass is 10.1. The van der Waals surface area contributed by atoms with Crippen molar-refractivity contribution >= 4 is 6.03 Å². The molecule has 0 radical (unpaired) electrons. The highest BCUT2D eigenvalue weighted by atomic mass is 19.3. The number of urea groups is 1. The Morgan fingerprint density at radius 1 is 1.17 bits per heavy atom. The lowest BCUT2D eigenvalue weighted by Crippen LogP contribution is -2.42. The average molecular weight is 404 g/mol. The molecule has 2 aromatic rings. The molecule has 2 aromatic carbocycles. The van der Waals surface area contributed by atoms with Gasteiger partial charge in [-0.05, 0) is 48.9 Å². The van der Waals surface area contributed by atoms with E-state index >= 15 is 0 Å². The molecule has 3 rings (SSSR count). The van der Waals surface area contributed by atoms with Crippen LogP contribution < -0.4 is 14.8 Å². The summed E-state index contributed by atoms with van der Waals surface area (Å²) in [4.78, 5) is 14.8. The number of alkyl halides is 2. The maximum atomic E-state index is 12.9. The second-order valence-electron chi connectivity index (χ2n) is 7.20. The van der Waals surface area contributed by atoms with Crippen LogP contribution in [0.1, 0.15) is 36.9 Å². The molecule has 1 atom stereocenters. The molecule has 1 fully saturated rings. The van der Waals surface area contributed by atoms with Gasteiger partial charge in [0.1, 0.15) is 0 Å². The SMILES string of the molecule is COc1ccc(CNC(=O)N(CC2CC2)C(C)c2ccccc2)cc1OC(F)F. The number of methoxy groups -OCH3 is 1. The Morgan fingerprint density at radius 2 is 1.90 bits per heavy atom. The number of benzene rings is 2. The third kappa shape index (κ3) is 5.82. The Hall–Kier alpha value is -2.83. The summed E-state index contributed by atoms with van der Waals surface area (Å²) in [5.41, 5.74) is 1.72. The van der Waals surface area contributed by atoms with E-state index in [-0.39, 0.29) is 30.1 Å². The van der Waals surface area contributed by atoms with E-state index in [0.29, 0.717) is 18.0 Å². The summed E-state index contributed by atoms with van der Waals surface area (Å²) in [6.07, 6.45) is 2.27. The van der Waals surface area contributed by atoms with Crippen molar-refractivity contribution in [3.8, 4) is 11.5 Å². The molecule has 1 N–H and O–H groups in total. The van der Waals surface area contributed by atoms with Gasteiger partial charge in [-0.3, -0.25) is 0 Å². The lowest BCUT2D eigenvalue weighted by molar-refractivity contribution is -0.0512. The van der Waals surface area contributed by atoms with Crippen LogP contribution >= 0.6 is 0 Å². The van der Waals surface area contributed by atoms with Gasteiger partial charge in [-0.2, -0.15) is 8.78 Å². The quantitative estimate of drug-likeness (QED) is 0.641. The molecule has 1 aliphatic carbocycles. The number of ether oxygens (including phenoxy) is 2. The summed E-state index contributed by atoms with van der Waals surface area (Å²) < 4.78 is 34.8. The van der Waals surface area contributed by atoms with E-state index in [4.69, 9.17) is 4.74 Å². The first-order valence-corrected chi connectivity index (χ1v) is 9.69. The van der Waals surface area contributed by atoms with Crippen LogP contribution in [0.2, 0.25) is 0 Å². The van der Waals surface area contributed by atoms with Gasteiger partial charge in [0.25, 0.3) is 0 Å². The van der Waals surface area contributed by atoms with Crippen LogP contribution in [-0.4, -0.2) is 31.2 Å². The van der Waals surface area contributed by atoms with Crippen molar-refractivity contribution in [1.29, 1.82) is 0 Å². The minimum Gasteiger partial charge on any atom is -0.493 e. The molecule has 0 spiro atoms. The molecule has 0 aromatic heterocycles. The number of nitrogens with one attached hydrogen (secondary N) is 1. The summed E-state index contributed by atoms with van der Waals surface area (Å²) in [7, 11) is 1.38. The second-order valence-corrected chi connectivity index (χ2v) is 7.20. The molecule has 0 heterocycles. The van der Waals surface area contributed by atoms with E-state index in [1.165, 1.54) is 13.2 Å². The highest BCUT2D eigenvalue weighted by Gasteiger charge is 2.30. The Bertz CT molecular complexity index is 813. The Kier molecular flexibility index (Phi) is 6.90. The van der Waals surface area contributed by atoms with Crippen molar-refractivity contribution in [2.75, 3.05) is 13.7 Å². The molecular formula is C22H26F2N2O3. The third-order valence-electron chi connectivity index (χ3n) is 5.05. The number of hydrogen-bond acceptors (Lipinski definition) is 3. The number of amides is 2. The molecule has 0 aliphatic heterocycles. The minimum absolute atomic E-state index is 0.0539. The van der Waals surface area contributed by atoms with Crippen LogP contribution in [-0.2, 0) is 6.54 Å². The van der Waals surface area contributed by atoms with Crippen LogP contribution in [0, 0.1) is 5.92 Å². The van der Waals surface area contributed by atoms with Crippen molar-refractivity contribution in [2.24, 2.45) is 5.92 Å². The number of carbonyl (C=O) groups is 1. The van der Waals surface area contributed by atoms with Gasteiger partial charge >= 0.3 is 12.6 Å². The van der Waals surface area contributed by atoms with E-state index in [0.717, 1.165) is 18.4 Å². The van der Waals surface area contributed by atoms with E-state index in [2.05, 4.69) is 10.1 Å². The molecule has 29 heavy (non-hydrogen) atoms. The summed E-state index contributed by atoms with van der Waals surface area (Å²) >= 11 is 0. The van der Waals surface area contributed by atoms with Gasteiger partial charge in [-0.25, -0.2) is 4.79 Å². The van der Waals surface area contributed by atoms with Gasteiger partial charge in [0, 0.05) is 13.1 Å². The average Bonchev–Trinajstić information content (AvgIpc) is 3.54. The molecule has 7 heteroatoms. The summed E-state index contributed by atoms with van der Waals surface area (Å²) in [6, 6.07) is 14.4. The molecule has 5 nitrogen and oxygen atoms in total. The maximum Gasteiger partial charge on any atom is 0.387 e. The fourth-order valence-corrected chi connectivity index (χ4v) is 3.21. The first-order chi connectivity index (χ1) is 14.0. The van der Waals surface area contributed by atoms with Gasteiger partial charge < -0.3 is 19.7 Å². The van der Waals surface area contributed by atoms with Crippen LogP contribution in [0.3, 0.4) is 0 Å². The Morgan fingerprint density at radius 3 is 2.52 bits per heavy atom. The number of carbonyl (C=O) groups excluding carboxylic acids is 1. The van der Waals surface area contributed by atoms with E-state index in [1.807, 2.05) is 42.2 Å². The van der Waals surface area contributed by atoms with Crippen LogP contribution in [0.4, 0.5) is 13.6 Å². The fourth-order valence-electron chi connectivity index (χ4n) is 3.21. The predicted molar refractivity (Wildman–Crippen MR) is 106 cm³/mol. The zero-order valence-electron chi connectivity index (χ0n) is 16.6. The second kappa shape index (κ2) is 9.58. The van der Waals surface area contributed by atoms with Crippen molar-refractivity contribution in [1.82, 2.24) is 10.2 Å². The van der Waals surface area contributed by atoms with Crippen LogP contribution in [0.25, 0.3) is 0 Å². The number of nitrogens with zero attached hydrogens (tertiary/aromatic N) is 1. The maximum absolute atomic E-state index is 12.9. The third-order valence-corrected chi connectivity index (χ3v) is 5.05. The lowest BCUT2D eigenvalue weighted by Gasteiger charge is -2.30. The normalized spacial score (nSPS) is 14.4. The standard InChI is InChI=1S/C22H26F2N2O3/c1-15(18-6-4-3-5-7-18)26(14-16-8-9-16)22(27)25-13-17-10-11-19(28-2)20(12-17)29-21(23)24/h3-7,10-12,15-16,21H,8-9,13-14H2,1-2H3,(H,25,27). The minimum atomic E-state index is -2.95. The Balaban J connectivity index is 1.68. The highest BCUT2D eigenvalue weighted by Crippen LogP contribution is 2.33. The molecule has 156 valence electrons. The zero-order chi connectivity index (χ0) is 20.8. The van der Waals surface area contributed by atoms with Gasteiger partial charge in [0.05, 0.1) is 13.2 Å². The molecule has 0 bridgehead atoms. The molecular weight excluding hydrogens is 378 g/mol. The van der Waals surface area contributed by atoms with Crippen molar-refractivity contribution in [3.63, 3.8) is 0 Å². The number of rotatable bonds is 9. The Labute approximate surface area is 169 Å². The number of halogens is 2. The first-order valence-electron chi connectivity index (χ1n) is 9.69. The van der Waals surface area contributed by atoms with E-state index < -0.39 is 6.61 Å². The molecule has 1 unspecified atom stereocenters. The summed E-state index contributed by atoms with van der Waals surface area (Å²) in [5.74, 6) is 0.703. The largest absolute Gasteiger partial charge is 0.493 e. The molecule has 1 aliphatic rings. The molecule has 2 amide bonds. The predicted octanol–water partition coefficient (Wildman–Crippen LogP) is 4.98. The smallest absolute Gasteiger partial charge is 0.387 e. The van der Waals surface area contributed by atoms with Crippen molar-refractivity contribution < 1.29 is 23.0 Å². The highest BCUT2D eigenvalue weighted by molar-refractivity contribution is 5.74. The fraction of sp³-hybridized carbons (Fsp3) is 0.409. The first kappa shape index (κ1) is 20.9. The van der Waals surface area contributed by atoms with Crippen LogP contribution in [0.15, 0.2) is 48.5 Å². The van der Waals surface area contributed by atoms with Gasteiger partial charge in [-0.15, -0.1) is 0 Å². The summed E-state index contributed by atoms with van der Waals surface area (Å²) in [6.45, 7) is -0.0382. The number of hydrogen-bond donors (Lipinski definition) is 1. The van der Waals surface area contributed by atoms with Gasteiger partial charge in [-0.1, -0.05) is 36.4 Å². The van der Waals surface area contributed by atoms with Crippen LogP contribution in [0.5, 0.6) is 11.5 Å². The van der Waals surface area contributed by atoms with E-state index in [9.17, 15) is 13.6 Å². The molecule has 0 saturated heterocycles.